The average molecular weight is 288 g/mol. The van der Waals surface area contributed by atoms with Crippen LogP contribution in [-0.2, 0) is 6.54 Å². The Hall–Kier alpha value is -1.06. The van der Waals surface area contributed by atoms with Crippen LogP contribution in [0.3, 0.4) is 0 Å². The van der Waals surface area contributed by atoms with Gasteiger partial charge in [0, 0.05) is 12.6 Å². The molecule has 0 radical (unpaired) electrons. The van der Waals surface area contributed by atoms with E-state index in [1.165, 1.54) is 44.2 Å². The molecule has 0 spiro atoms. The van der Waals surface area contributed by atoms with Crippen molar-refractivity contribution in [3.8, 4) is 5.75 Å². The van der Waals surface area contributed by atoms with Gasteiger partial charge in [0.2, 0.25) is 0 Å². The summed E-state index contributed by atoms with van der Waals surface area (Å²) in [4.78, 5) is 2.51. The van der Waals surface area contributed by atoms with Crippen molar-refractivity contribution in [3.05, 3.63) is 29.8 Å². The molecule has 1 aromatic carbocycles. The first-order chi connectivity index (χ1) is 10.3. The molecular weight excluding hydrogens is 260 g/mol. The fourth-order valence-electron chi connectivity index (χ4n) is 3.05. The molecule has 1 aliphatic heterocycles. The topological polar surface area (TPSA) is 24.5 Å². The number of benzene rings is 1. The Bertz CT molecular complexity index is 419. The molecule has 1 atom stereocenters. The van der Waals surface area contributed by atoms with Crippen LogP contribution in [0.25, 0.3) is 0 Å². The quantitative estimate of drug-likeness (QED) is 0.871. The second-order valence-corrected chi connectivity index (χ2v) is 6.65. The summed E-state index contributed by atoms with van der Waals surface area (Å²) in [7, 11) is 2.26. The first kappa shape index (κ1) is 14.9. The summed E-state index contributed by atoms with van der Waals surface area (Å²) in [6.07, 6.45) is 6.56. The van der Waals surface area contributed by atoms with E-state index in [4.69, 9.17) is 4.74 Å². The molecule has 0 aromatic heterocycles. The van der Waals surface area contributed by atoms with Gasteiger partial charge < -0.3 is 10.1 Å². The third-order valence-electron chi connectivity index (χ3n) is 4.71. The zero-order chi connectivity index (χ0) is 14.5. The fraction of sp³-hybridized carbons (Fsp3) is 0.667. The number of nitrogens with one attached hydrogen (secondary N) is 1. The summed E-state index contributed by atoms with van der Waals surface area (Å²) in [5.41, 5.74) is 1.38. The average Bonchev–Trinajstić information content (AvgIpc) is 3.33. The van der Waals surface area contributed by atoms with E-state index >= 15 is 0 Å². The molecule has 1 saturated heterocycles. The van der Waals surface area contributed by atoms with Crippen LogP contribution in [0.2, 0.25) is 0 Å². The van der Waals surface area contributed by atoms with Crippen molar-refractivity contribution >= 4 is 0 Å². The van der Waals surface area contributed by atoms with E-state index in [0.717, 1.165) is 31.4 Å². The maximum atomic E-state index is 5.80. The lowest BCUT2D eigenvalue weighted by atomic mass is 10.1. The van der Waals surface area contributed by atoms with E-state index in [9.17, 15) is 0 Å². The molecule has 2 aliphatic rings. The van der Waals surface area contributed by atoms with Gasteiger partial charge in [-0.1, -0.05) is 12.1 Å². The monoisotopic (exact) mass is 288 g/mol. The second-order valence-electron chi connectivity index (χ2n) is 6.65. The number of nitrogens with zero attached hydrogens (tertiary/aromatic N) is 1. The Balaban J connectivity index is 1.48. The molecular formula is C18H28N2O. The molecule has 2 fully saturated rings. The van der Waals surface area contributed by atoms with Gasteiger partial charge in [-0.05, 0) is 75.9 Å². The summed E-state index contributed by atoms with van der Waals surface area (Å²) in [6, 6.07) is 9.40. The molecule has 21 heavy (non-hydrogen) atoms. The summed E-state index contributed by atoms with van der Waals surface area (Å²) in [6.45, 7) is 4.27. The third kappa shape index (κ3) is 4.72. The van der Waals surface area contributed by atoms with Crippen molar-refractivity contribution in [3.63, 3.8) is 0 Å². The minimum Gasteiger partial charge on any atom is -0.493 e. The van der Waals surface area contributed by atoms with E-state index in [1.54, 1.807) is 0 Å². The highest BCUT2D eigenvalue weighted by molar-refractivity contribution is 5.27. The number of hydrogen-bond donors (Lipinski definition) is 1. The van der Waals surface area contributed by atoms with Crippen LogP contribution in [0, 0.1) is 5.92 Å². The predicted molar refractivity (Wildman–Crippen MR) is 86.6 cm³/mol. The van der Waals surface area contributed by atoms with Crippen LogP contribution in [0.5, 0.6) is 5.75 Å². The SMILES string of the molecule is CN(Cc1ccc(OCC2CC2)cc1)C1CCCNCC1. The molecule has 1 aliphatic carbocycles. The van der Waals surface area contributed by atoms with Crippen LogP contribution in [0.4, 0.5) is 0 Å². The molecule has 0 amide bonds. The van der Waals surface area contributed by atoms with Crippen molar-refractivity contribution in [2.45, 2.75) is 44.7 Å². The van der Waals surface area contributed by atoms with Gasteiger partial charge in [0.25, 0.3) is 0 Å². The van der Waals surface area contributed by atoms with E-state index in [-0.39, 0.29) is 0 Å². The predicted octanol–water partition coefficient (Wildman–Crippen LogP) is 3.05. The van der Waals surface area contributed by atoms with Gasteiger partial charge in [-0.2, -0.15) is 0 Å². The first-order valence-electron chi connectivity index (χ1n) is 8.44. The highest BCUT2D eigenvalue weighted by atomic mass is 16.5. The van der Waals surface area contributed by atoms with Gasteiger partial charge in [-0.15, -0.1) is 0 Å². The Morgan fingerprint density at radius 1 is 1.10 bits per heavy atom. The maximum Gasteiger partial charge on any atom is 0.119 e. The highest BCUT2D eigenvalue weighted by Crippen LogP contribution is 2.29. The van der Waals surface area contributed by atoms with Gasteiger partial charge in [0.15, 0.2) is 0 Å². The van der Waals surface area contributed by atoms with Crippen molar-refractivity contribution in [1.29, 1.82) is 0 Å². The summed E-state index contributed by atoms with van der Waals surface area (Å²) < 4.78 is 5.80. The van der Waals surface area contributed by atoms with Crippen LogP contribution >= 0.6 is 0 Å². The zero-order valence-electron chi connectivity index (χ0n) is 13.2. The second kappa shape index (κ2) is 7.28. The molecule has 1 aromatic rings. The lowest BCUT2D eigenvalue weighted by Crippen LogP contribution is -2.31. The Labute approximate surface area is 128 Å². The summed E-state index contributed by atoms with van der Waals surface area (Å²) in [5, 5.41) is 3.49. The van der Waals surface area contributed by atoms with Gasteiger partial charge in [-0.3, -0.25) is 4.90 Å². The molecule has 0 bridgehead atoms. The van der Waals surface area contributed by atoms with Crippen molar-refractivity contribution in [2.75, 3.05) is 26.7 Å². The maximum absolute atomic E-state index is 5.80. The highest BCUT2D eigenvalue weighted by Gasteiger charge is 2.22. The largest absolute Gasteiger partial charge is 0.493 e. The van der Waals surface area contributed by atoms with Crippen LogP contribution in [-0.4, -0.2) is 37.7 Å². The number of hydrogen-bond acceptors (Lipinski definition) is 3. The van der Waals surface area contributed by atoms with Crippen LogP contribution in [0.1, 0.15) is 37.7 Å². The Morgan fingerprint density at radius 2 is 1.90 bits per heavy atom. The number of ether oxygens (including phenoxy) is 1. The van der Waals surface area contributed by atoms with Crippen LogP contribution < -0.4 is 10.1 Å². The minimum atomic E-state index is 0.714. The lowest BCUT2D eigenvalue weighted by Gasteiger charge is -2.26. The van der Waals surface area contributed by atoms with Crippen LogP contribution in [0.15, 0.2) is 24.3 Å². The van der Waals surface area contributed by atoms with E-state index in [1.807, 2.05) is 0 Å². The summed E-state index contributed by atoms with van der Waals surface area (Å²) in [5.74, 6) is 1.84. The Kier molecular flexibility index (Phi) is 5.15. The van der Waals surface area contributed by atoms with Gasteiger partial charge in [0.05, 0.1) is 6.61 Å². The van der Waals surface area contributed by atoms with Crippen molar-refractivity contribution in [2.24, 2.45) is 5.92 Å². The fourth-order valence-corrected chi connectivity index (χ4v) is 3.05. The first-order valence-corrected chi connectivity index (χ1v) is 8.44. The van der Waals surface area contributed by atoms with E-state index < -0.39 is 0 Å². The van der Waals surface area contributed by atoms with Crippen molar-refractivity contribution in [1.82, 2.24) is 10.2 Å². The minimum absolute atomic E-state index is 0.714. The summed E-state index contributed by atoms with van der Waals surface area (Å²) >= 11 is 0. The molecule has 1 unspecified atom stereocenters. The molecule has 3 rings (SSSR count). The molecule has 1 N–H and O–H groups in total. The third-order valence-corrected chi connectivity index (χ3v) is 4.71. The molecule has 1 saturated carbocycles. The number of rotatable bonds is 6. The van der Waals surface area contributed by atoms with Gasteiger partial charge in [-0.25, -0.2) is 0 Å². The van der Waals surface area contributed by atoms with Gasteiger partial charge >= 0.3 is 0 Å². The molecule has 3 heteroatoms. The standard InChI is InChI=1S/C18H28N2O/c1-20(17-3-2-11-19-12-10-17)13-15-6-8-18(9-7-15)21-14-16-4-5-16/h6-9,16-17,19H,2-5,10-14H2,1H3. The Morgan fingerprint density at radius 3 is 2.67 bits per heavy atom. The van der Waals surface area contributed by atoms with E-state index in [2.05, 4.69) is 41.5 Å². The normalized spacial score (nSPS) is 23.0. The molecule has 3 nitrogen and oxygen atoms in total. The smallest absolute Gasteiger partial charge is 0.119 e. The van der Waals surface area contributed by atoms with E-state index in [0.29, 0.717) is 6.04 Å². The molecule has 1 heterocycles. The lowest BCUT2D eigenvalue weighted by molar-refractivity contribution is 0.216. The zero-order valence-corrected chi connectivity index (χ0v) is 13.2. The van der Waals surface area contributed by atoms with Crippen molar-refractivity contribution < 1.29 is 4.74 Å². The molecule has 116 valence electrons. The van der Waals surface area contributed by atoms with Gasteiger partial charge in [0.1, 0.15) is 5.75 Å².